The van der Waals surface area contributed by atoms with Crippen LogP contribution in [0, 0.1) is 20.8 Å². The van der Waals surface area contributed by atoms with Gasteiger partial charge in [-0.2, -0.15) is 5.10 Å². The molecule has 0 aliphatic heterocycles. The lowest BCUT2D eigenvalue weighted by atomic mass is 10.1. The smallest absolute Gasteiger partial charge is 0.239 e. The van der Waals surface area contributed by atoms with Gasteiger partial charge in [0.1, 0.15) is 0 Å². The molecule has 2 rings (SSSR count). The quantitative estimate of drug-likeness (QED) is 0.887. The number of carbonyl (C=O) groups excluding carboxylic acids is 1. The summed E-state index contributed by atoms with van der Waals surface area (Å²) in [4.78, 5) is 14.1. The Balaban J connectivity index is 2.27. The molecule has 1 aromatic heterocycles. The van der Waals surface area contributed by atoms with Crippen molar-refractivity contribution in [1.29, 1.82) is 0 Å². The second kappa shape index (κ2) is 7.62. The van der Waals surface area contributed by atoms with Crippen molar-refractivity contribution in [3.8, 4) is 5.69 Å². The Bertz CT molecular complexity index is 720. The number of likely N-dealkylation sites (N-methyl/N-ethyl adjacent to an activating group) is 1. The summed E-state index contributed by atoms with van der Waals surface area (Å²) in [7, 11) is 1.81. The Kier molecular flexibility index (Phi) is 5.78. The third kappa shape index (κ3) is 3.67. The molecule has 130 valence electrons. The van der Waals surface area contributed by atoms with Gasteiger partial charge in [0.15, 0.2) is 0 Å². The van der Waals surface area contributed by atoms with E-state index < -0.39 is 6.04 Å². The first-order chi connectivity index (χ1) is 11.4. The molecule has 0 saturated heterocycles. The van der Waals surface area contributed by atoms with E-state index in [-0.39, 0.29) is 5.91 Å². The molecular weight excluding hydrogens is 300 g/mol. The molecule has 0 fully saturated rings. The minimum Gasteiger partial charge on any atom is -0.340 e. The lowest BCUT2D eigenvalue weighted by molar-refractivity contribution is -0.132. The molecule has 0 aliphatic carbocycles. The summed E-state index contributed by atoms with van der Waals surface area (Å²) in [5.74, 6) is -0.0145. The summed E-state index contributed by atoms with van der Waals surface area (Å²) in [5, 5.41) is 4.68. The third-order valence-electron chi connectivity index (χ3n) is 4.47. The predicted octanol–water partition coefficient (Wildman–Crippen LogP) is 2.88. The lowest BCUT2D eigenvalue weighted by Gasteiger charge is -2.21. The van der Waals surface area contributed by atoms with Crippen molar-refractivity contribution in [2.24, 2.45) is 5.73 Å². The lowest BCUT2D eigenvalue weighted by Crippen LogP contribution is -2.41. The van der Waals surface area contributed by atoms with Gasteiger partial charge in [-0.3, -0.25) is 4.79 Å². The van der Waals surface area contributed by atoms with E-state index in [9.17, 15) is 4.79 Å². The molecular formula is C19H28N4O. The van der Waals surface area contributed by atoms with Crippen molar-refractivity contribution in [3.05, 3.63) is 46.8 Å². The van der Waals surface area contributed by atoms with Crippen LogP contribution < -0.4 is 5.73 Å². The largest absolute Gasteiger partial charge is 0.340 e. The van der Waals surface area contributed by atoms with E-state index in [1.807, 2.05) is 44.6 Å². The van der Waals surface area contributed by atoms with Gasteiger partial charge in [0.25, 0.3) is 0 Å². The van der Waals surface area contributed by atoms with Crippen molar-refractivity contribution in [3.63, 3.8) is 0 Å². The molecule has 0 saturated carbocycles. The van der Waals surface area contributed by atoms with Gasteiger partial charge in [-0.15, -0.1) is 0 Å². The number of nitrogens with zero attached hydrogens (tertiary/aromatic N) is 3. The van der Waals surface area contributed by atoms with Gasteiger partial charge in [0.05, 0.1) is 17.4 Å². The maximum absolute atomic E-state index is 12.4. The van der Waals surface area contributed by atoms with Crippen molar-refractivity contribution >= 4 is 5.91 Å². The minimum atomic E-state index is -0.424. The summed E-state index contributed by atoms with van der Waals surface area (Å²) in [6, 6.07) is 7.74. The summed E-state index contributed by atoms with van der Waals surface area (Å²) in [6.45, 7) is 8.67. The van der Waals surface area contributed by atoms with Crippen molar-refractivity contribution in [2.75, 3.05) is 7.05 Å². The second-order valence-corrected chi connectivity index (χ2v) is 6.44. The zero-order valence-electron chi connectivity index (χ0n) is 15.3. The maximum atomic E-state index is 12.4. The zero-order chi connectivity index (χ0) is 17.9. The predicted molar refractivity (Wildman–Crippen MR) is 97.1 cm³/mol. The molecule has 1 amide bonds. The minimum absolute atomic E-state index is 0.0145. The molecule has 1 atom stereocenters. The fourth-order valence-corrected chi connectivity index (χ4v) is 2.97. The van der Waals surface area contributed by atoms with Crippen molar-refractivity contribution in [2.45, 2.75) is 53.1 Å². The molecule has 5 nitrogen and oxygen atoms in total. The average molecular weight is 328 g/mol. The highest BCUT2D eigenvalue weighted by atomic mass is 16.2. The molecule has 1 unspecified atom stereocenters. The summed E-state index contributed by atoms with van der Waals surface area (Å²) >= 11 is 0. The van der Waals surface area contributed by atoms with Gasteiger partial charge in [-0.1, -0.05) is 31.5 Å². The third-order valence-corrected chi connectivity index (χ3v) is 4.47. The van der Waals surface area contributed by atoms with Crippen molar-refractivity contribution in [1.82, 2.24) is 14.7 Å². The van der Waals surface area contributed by atoms with Gasteiger partial charge in [0.2, 0.25) is 5.91 Å². The van der Waals surface area contributed by atoms with E-state index in [0.29, 0.717) is 13.0 Å². The van der Waals surface area contributed by atoms with Gasteiger partial charge in [-0.05, 0) is 38.8 Å². The van der Waals surface area contributed by atoms with Crippen LogP contribution in [-0.4, -0.2) is 33.7 Å². The number of carbonyl (C=O) groups is 1. The molecule has 1 aromatic carbocycles. The Morgan fingerprint density at radius 3 is 2.58 bits per heavy atom. The van der Waals surface area contributed by atoms with Gasteiger partial charge in [-0.25, -0.2) is 4.68 Å². The Morgan fingerprint density at radius 2 is 1.96 bits per heavy atom. The van der Waals surface area contributed by atoms with E-state index in [4.69, 9.17) is 5.73 Å². The molecule has 0 bridgehead atoms. The molecule has 0 aliphatic rings. The van der Waals surface area contributed by atoms with Crippen LogP contribution in [0.25, 0.3) is 5.69 Å². The fraction of sp³-hybridized carbons (Fsp3) is 0.474. The first-order valence-electron chi connectivity index (χ1n) is 8.48. The van der Waals surface area contributed by atoms with E-state index >= 15 is 0 Å². The molecule has 1 heterocycles. The summed E-state index contributed by atoms with van der Waals surface area (Å²) in [5.41, 5.74) is 11.3. The van der Waals surface area contributed by atoms with Crippen LogP contribution >= 0.6 is 0 Å². The van der Waals surface area contributed by atoms with Crippen LogP contribution in [0.4, 0.5) is 0 Å². The fourth-order valence-electron chi connectivity index (χ4n) is 2.97. The van der Waals surface area contributed by atoms with Gasteiger partial charge < -0.3 is 10.6 Å². The first-order valence-corrected chi connectivity index (χ1v) is 8.48. The van der Waals surface area contributed by atoms with Crippen LogP contribution in [0.5, 0.6) is 0 Å². The van der Waals surface area contributed by atoms with E-state index in [1.165, 1.54) is 5.56 Å². The normalized spacial score (nSPS) is 12.2. The summed E-state index contributed by atoms with van der Waals surface area (Å²) < 4.78 is 1.96. The number of rotatable bonds is 6. The second-order valence-electron chi connectivity index (χ2n) is 6.44. The van der Waals surface area contributed by atoms with Crippen LogP contribution in [0.1, 0.15) is 42.3 Å². The number of para-hydroxylation sites is 1. The van der Waals surface area contributed by atoms with Crippen LogP contribution in [0.3, 0.4) is 0 Å². The number of aromatic nitrogens is 2. The van der Waals surface area contributed by atoms with Crippen molar-refractivity contribution < 1.29 is 4.79 Å². The van der Waals surface area contributed by atoms with E-state index in [2.05, 4.69) is 24.2 Å². The SMILES string of the molecule is CCCC(N)C(=O)N(C)Cc1c(C)nn(-c2ccccc2C)c1C. The highest BCUT2D eigenvalue weighted by Gasteiger charge is 2.21. The number of nitrogens with two attached hydrogens (primary N) is 1. The number of aryl methyl sites for hydroxylation is 2. The van der Waals surface area contributed by atoms with Crippen LogP contribution in [0.15, 0.2) is 24.3 Å². The molecule has 2 aromatic rings. The topological polar surface area (TPSA) is 64.2 Å². The average Bonchev–Trinajstić information content (AvgIpc) is 2.82. The Morgan fingerprint density at radius 1 is 1.29 bits per heavy atom. The Hall–Kier alpha value is -2.14. The van der Waals surface area contributed by atoms with Crippen LogP contribution in [0.2, 0.25) is 0 Å². The maximum Gasteiger partial charge on any atom is 0.239 e. The summed E-state index contributed by atoms with van der Waals surface area (Å²) in [6.07, 6.45) is 1.62. The molecule has 0 radical (unpaired) electrons. The molecule has 24 heavy (non-hydrogen) atoms. The van der Waals surface area contributed by atoms with Crippen LogP contribution in [-0.2, 0) is 11.3 Å². The number of benzene rings is 1. The number of amides is 1. The van der Waals surface area contributed by atoms with E-state index in [0.717, 1.165) is 29.1 Å². The first kappa shape index (κ1) is 18.2. The van der Waals surface area contributed by atoms with Gasteiger partial charge >= 0.3 is 0 Å². The zero-order valence-corrected chi connectivity index (χ0v) is 15.3. The van der Waals surface area contributed by atoms with Gasteiger partial charge in [0, 0.05) is 24.8 Å². The van der Waals surface area contributed by atoms with E-state index in [1.54, 1.807) is 4.90 Å². The highest BCUT2D eigenvalue weighted by molar-refractivity contribution is 5.81. The molecule has 0 spiro atoms. The monoisotopic (exact) mass is 328 g/mol. The molecule has 5 heteroatoms. The number of hydrogen-bond donors (Lipinski definition) is 1. The standard InChI is InChI=1S/C19H28N4O/c1-6-9-17(20)19(24)22(5)12-16-14(3)21-23(15(16)4)18-11-8-7-10-13(18)2/h7-8,10-11,17H,6,9,12,20H2,1-5H3. The number of hydrogen-bond acceptors (Lipinski definition) is 3. The highest BCUT2D eigenvalue weighted by Crippen LogP contribution is 2.21. The molecule has 2 N–H and O–H groups in total. The Labute approximate surface area is 144 Å².